The molecular formula is C18H17FN2O3. The van der Waals surface area contributed by atoms with Crippen LogP contribution < -0.4 is 15.4 Å². The predicted octanol–water partition coefficient (Wildman–Crippen LogP) is 2.54. The number of hydrogen-bond acceptors (Lipinski definition) is 3. The van der Waals surface area contributed by atoms with Gasteiger partial charge in [-0.05, 0) is 42.3 Å². The quantitative estimate of drug-likeness (QED) is 0.906. The molecule has 3 rings (SSSR count). The SMILES string of the molecule is Cc1ccc2c(c1)NC(=O)C(CC(=O)NCc1cccc(F)c1)O2. The lowest BCUT2D eigenvalue weighted by atomic mass is 10.1. The van der Waals surface area contributed by atoms with Crippen molar-refractivity contribution < 1.29 is 18.7 Å². The van der Waals surface area contributed by atoms with Crippen molar-refractivity contribution in [2.24, 2.45) is 0 Å². The van der Waals surface area contributed by atoms with E-state index in [1.165, 1.54) is 12.1 Å². The Labute approximate surface area is 138 Å². The number of fused-ring (bicyclic) bond motifs is 1. The fraction of sp³-hybridized carbons (Fsp3) is 0.222. The van der Waals surface area contributed by atoms with Crippen LogP contribution in [0.4, 0.5) is 10.1 Å². The second-order valence-corrected chi connectivity index (χ2v) is 5.71. The van der Waals surface area contributed by atoms with E-state index < -0.39 is 6.10 Å². The topological polar surface area (TPSA) is 67.4 Å². The highest BCUT2D eigenvalue weighted by atomic mass is 19.1. The summed E-state index contributed by atoms with van der Waals surface area (Å²) >= 11 is 0. The largest absolute Gasteiger partial charge is 0.478 e. The third-order valence-electron chi connectivity index (χ3n) is 3.70. The molecule has 2 aromatic carbocycles. The van der Waals surface area contributed by atoms with Crippen LogP contribution in [0.3, 0.4) is 0 Å². The lowest BCUT2D eigenvalue weighted by Gasteiger charge is -2.25. The highest BCUT2D eigenvalue weighted by molar-refractivity contribution is 6.00. The van der Waals surface area contributed by atoms with Crippen molar-refractivity contribution in [2.45, 2.75) is 26.0 Å². The second kappa shape index (κ2) is 6.70. The number of rotatable bonds is 4. The molecule has 2 aromatic rings. The van der Waals surface area contributed by atoms with Gasteiger partial charge in [-0.2, -0.15) is 0 Å². The first-order valence-corrected chi connectivity index (χ1v) is 7.60. The molecule has 124 valence electrons. The van der Waals surface area contributed by atoms with E-state index in [1.807, 2.05) is 19.1 Å². The molecule has 0 aliphatic carbocycles. The van der Waals surface area contributed by atoms with E-state index in [4.69, 9.17) is 4.74 Å². The molecule has 0 radical (unpaired) electrons. The highest BCUT2D eigenvalue weighted by Gasteiger charge is 2.29. The van der Waals surface area contributed by atoms with Crippen LogP contribution in [0, 0.1) is 12.7 Å². The lowest BCUT2D eigenvalue weighted by Crippen LogP contribution is -2.40. The normalized spacial score (nSPS) is 15.9. The van der Waals surface area contributed by atoms with Gasteiger partial charge in [-0.3, -0.25) is 9.59 Å². The zero-order valence-electron chi connectivity index (χ0n) is 13.1. The number of anilines is 1. The minimum Gasteiger partial charge on any atom is -0.478 e. The lowest BCUT2D eigenvalue weighted by molar-refractivity contribution is -0.130. The van der Waals surface area contributed by atoms with E-state index in [1.54, 1.807) is 18.2 Å². The van der Waals surface area contributed by atoms with E-state index in [2.05, 4.69) is 10.6 Å². The van der Waals surface area contributed by atoms with E-state index in [0.717, 1.165) is 5.56 Å². The predicted molar refractivity (Wildman–Crippen MR) is 87.1 cm³/mol. The maximum atomic E-state index is 13.1. The Hall–Kier alpha value is -2.89. The number of ether oxygens (including phenoxy) is 1. The maximum Gasteiger partial charge on any atom is 0.266 e. The van der Waals surface area contributed by atoms with Gasteiger partial charge in [0.1, 0.15) is 11.6 Å². The maximum absolute atomic E-state index is 13.1. The van der Waals surface area contributed by atoms with Gasteiger partial charge < -0.3 is 15.4 Å². The van der Waals surface area contributed by atoms with Crippen molar-refractivity contribution >= 4 is 17.5 Å². The Morgan fingerprint density at radius 3 is 2.92 bits per heavy atom. The molecule has 1 aliphatic rings. The Kier molecular flexibility index (Phi) is 4.46. The molecule has 0 aromatic heterocycles. The number of carbonyl (C=O) groups is 2. The summed E-state index contributed by atoms with van der Waals surface area (Å²) in [5, 5.41) is 5.41. The minimum absolute atomic E-state index is 0.103. The van der Waals surface area contributed by atoms with Gasteiger partial charge >= 0.3 is 0 Å². The standard InChI is InChI=1S/C18H17FN2O3/c1-11-5-6-15-14(7-11)21-18(23)16(24-15)9-17(22)20-10-12-3-2-4-13(19)8-12/h2-8,16H,9-10H2,1H3,(H,20,22)(H,21,23). The number of halogens is 1. The van der Waals surface area contributed by atoms with Crippen LogP contribution in [0.15, 0.2) is 42.5 Å². The monoisotopic (exact) mass is 328 g/mol. The number of amides is 2. The van der Waals surface area contributed by atoms with E-state index in [9.17, 15) is 14.0 Å². The Morgan fingerprint density at radius 1 is 1.29 bits per heavy atom. The number of aryl methyl sites for hydroxylation is 1. The molecule has 2 N–H and O–H groups in total. The van der Waals surface area contributed by atoms with E-state index in [-0.39, 0.29) is 30.6 Å². The average Bonchev–Trinajstić information content (AvgIpc) is 2.54. The molecule has 0 bridgehead atoms. The molecule has 0 saturated heterocycles. The molecule has 24 heavy (non-hydrogen) atoms. The third-order valence-corrected chi connectivity index (χ3v) is 3.70. The summed E-state index contributed by atoms with van der Waals surface area (Å²) in [5.41, 5.74) is 2.26. The van der Waals surface area contributed by atoms with Crippen molar-refractivity contribution in [3.8, 4) is 5.75 Å². The van der Waals surface area contributed by atoms with Crippen LogP contribution in [-0.4, -0.2) is 17.9 Å². The van der Waals surface area contributed by atoms with Crippen molar-refractivity contribution in [3.63, 3.8) is 0 Å². The van der Waals surface area contributed by atoms with Crippen LogP contribution in [0.2, 0.25) is 0 Å². The van der Waals surface area contributed by atoms with Gasteiger partial charge in [-0.15, -0.1) is 0 Å². The fourth-order valence-electron chi connectivity index (χ4n) is 2.49. The van der Waals surface area contributed by atoms with E-state index in [0.29, 0.717) is 17.0 Å². The first-order valence-electron chi connectivity index (χ1n) is 7.60. The highest BCUT2D eigenvalue weighted by Crippen LogP contribution is 2.30. The second-order valence-electron chi connectivity index (χ2n) is 5.71. The van der Waals surface area contributed by atoms with Crippen LogP contribution in [0.25, 0.3) is 0 Å². The first kappa shape index (κ1) is 16.0. The number of carbonyl (C=O) groups excluding carboxylic acids is 2. The molecule has 1 aliphatic heterocycles. The summed E-state index contributed by atoms with van der Waals surface area (Å²) in [6.45, 7) is 2.11. The first-order chi connectivity index (χ1) is 11.5. The Bertz CT molecular complexity index is 792. The third kappa shape index (κ3) is 3.71. The van der Waals surface area contributed by atoms with Gasteiger partial charge in [0, 0.05) is 6.54 Å². The van der Waals surface area contributed by atoms with Gasteiger partial charge in [0.05, 0.1) is 12.1 Å². The summed E-state index contributed by atoms with van der Waals surface area (Å²) in [6, 6.07) is 11.4. The zero-order valence-corrected chi connectivity index (χ0v) is 13.1. The van der Waals surface area contributed by atoms with Gasteiger partial charge in [0.15, 0.2) is 6.10 Å². The Morgan fingerprint density at radius 2 is 2.12 bits per heavy atom. The van der Waals surface area contributed by atoms with Crippen LogP contribution in [-0.2, 0) is 16.1 Å². The molecule has 1 atom stereocenters. The number of benzene rings is 2. The van der Waals surface area contributed by atoms with Crippen molar-refractivity contribution in [3.05, 3.63) is 59.4 Å². The molecule has 0 spiro atoms. The van der Waals surface area contributed by atoms with Gasteiger partial charge in [-0.25, -0.2) is 4.39 Å². The Balaban J connectivity index is 1.58. The van der Waals surface area contributed by atoms with Gasteiger partial charge in [-0.1, -0.05) is 18.2 Å². The fourth-order valence-corrected chi connectivity index (χ4v) is 2.49. The summed E-state index contributed by atoms with van der Waals surface area (Å²) in [6.07, 6.45) is -0.984. The smallest absolute Gasteiger partial charge is 0.266 e. The number of nitrogens with one attached hydrogen (secondary N) is 2. The molecule has 5 nitrogen and oxygen atoms in total. The molecule has 2 amide bonds. The molecule has 0 saturated carbocycles. The van der Waals surface area contributed by atoms with E-state index >= 15 is 0 Å². The molecule has 0 fully saturated rings. The molecule has 6 heteroatoms. The molecule has 1 heterocycles. The number of hydrogen-bond donors (Lipinski definition) is 2. The van der Waals surface area contributed by atoms with Crippen LogP contribution in [0.1, 0.15) is 17.5 Å². The van der Waals surface area contributed by atoms with Gasteiger partial charge in [0.25, 0.3) is 5.91 Å². The average molecular weight is 328 g/mol. The summed E-state index contributed by atoms with van der Waals surface area (Å²) in [5.74, 6) is -0.504. The van der Waals surface area contributed by atoms with Crippen molar-refractivity contribution in [1.29, 1.82) is 0 Å². The van der Waals surface area contributed by atoms with Crippen LogP contribution in [0.5, 0.6) is 5.75 Å². The summed E-state index contributed by atoms with van der Waals surface area (Å²) in [4.78, 5) is 24.1. The summed E-state index contributed by atoms with van der Waals surface area (Å²) in [7, 11) is 0. The summed E-state index contributed by atoms with van der Waals surface area (Å²) < 4.78 is 18.7. The molecule has 1 unspecified atom stereocenters. The molecular weight excluding hydrogens is 311 g/mol. The zero-order chi connectivity index (χ0) is 17.1. The van der Waals surface area contributed by atoms with Crippen molar-refractivity contribution in [1.82, 2.24) is 5.32 Å². The van der Waals surface area contributed by atoms with Crippen molar-refractivity contribution in [2.75, 3.05) is 5.32 Å². The van der Waals surface area contributed by atoms with Crippen LogP contribution >= 0.6 is 0 Å². The van der Waals surface area contributed by atoms with Gasteiger partial charge in [0.2, 0.25) is 5.91 Å². The minimum atomic E-state index is -0.882.